The van der Waals surface area contributed by atoms with Gasteiger partial charge in [0.2, 0.25) is 0 Å². The summed E-state index contributed by atoms with van der Waals surface area (Å²) in [6.07, 6.45) is 1.93. The maximum absolute atomic E-state index is 4.50. The smallest absolute Gasteiger partial charge is 0.0629 e. The van der Waals surface area contributed by atoms with Gasteiger partial charge in [-0.3, -0.25) is 4.99 Å². The van der Waals surface area contributed by atoms with Crippen LogP contribution in [0.2, 0.25) is 0 Å². The van der Waals surface area contributed by atoms with Gasteiger partial charge in [0.25, 0.3) is 0 Å². The van der Waals surface area contributed by atoms with Crippen LogP contribution in [0.5, 0.6) is 0 Å². The number of nitrogens with zero attached hydrogens (tertiary/aromatic N) is 1. The Morgan fingerprint density at radius 3 is 2.28 bits per heavy atom. The molecule has 3 rings (SSSR count). The highest BCUT2D eigenvalue weighted by atomic mass is 14.7. The lowest BCUT2D eigenvalue weighted by Crippen LogP contribution is -1.83. The zero-order chi connectivity index (χ0) is 12.2. The molecule has 0 bridgehead atoms. The van der Waals surface area contributed by atoms with Crippen LogP contribution in [-0.4, -0.2) is 6.21 Å². The molecule has 18 heavy (non-hydrogen) atoms. The highest BCUT2D eigenvalue weighted by Gasteiger charge is 1.96. The summed E-state index contributed by atoms with van der Waals surface area (Å²) >= 11 is 0. The Balaban J connectivity index is 2.03. The zero-order valence-corrected chi connectivity index (χ0v) is 9.95. The molecule has 0 aromatic heterocycles. The first-order valence-corrected chi connectivity index (χ1v) is 6.00. The van der Waals surface area contributed by atoms with Crippen molar-refractivity contribution in [3.8, 4) is 0 Å². The van der Waals surface area contributed by atoms with E-state index in [0.717, 1.165) is 11.3 Å². The fourth-order valence-corrected chi connectivity index (χ4v) is 2.02. The number of aliphatic imine (C=N–C) groups is 1. The van der Waals surface area contributed by atoms with Crippen LogP contribution in [0.25, 0.3) is 10.8 Å². The summed E-state index contributed by atoms with van der Waals surface area (Å²) in [6.45, 7) is 0. The molecule has 0 unspecified atom stereocenters. The Labute approximate surface area is 106 Å². The van der Waals surface area contributed by atoms with Crippen molar-refractivity contribution >= 4 is 22.7 Å². The van der Waals surface area contributed by atoms with Crippen molar-refractivity contribution in [3.05, 3.63) is 78.4 Å². The van der Waals surface area contributed by atoms with Gasteiger partial charge in [0, 0.05) is 11.8 Å². The predicted octanol–water partition coefficient (Wildman–Crippen LogP) is 4.59. The molecule has 0 aliphatic heterocycles. The highest BCUT2D eigenvalue weighted by molar-refractivity contribution is 6.00. The molecule has 86 valence electrons. The van der Waals surface area contributed by atoms with Gasteiger partial charge in [-0.25, -0.2) is 0 Å². The minimum Gasteiger partial charge on any atom is -0.256 e. The van der Waals surface area contributed by atoms with E-state index in [1.54, 1.807) is 0 Å². The van der Waals surface area contributed by atoms with E-state index in [1.165, 1.54) is 10.8 Å². The van der Waals surface area contributed by atoms with E-state index in [9.17, 15) is 0 Å². The molecule has 0 spiro atoms. The molecule has 3 aromatic carbocycles. The Kier molecular flexibility index (Phi) is 2.89. The average molecular weight is 231 g/mol. The summed E-state index contributed by atoms with van der Waals surface area (Å²) < 4.78 is 0. The Bertz CT molecular complexity index is 679. The number of para-hydroxylation sites is 1. The first kappa shape index (κ1) is 10.7. The third-order valence-electron chi connectivity index (χ3n) is 2.93. The number of fused-ring (bicyclic) bond motifs is 1. The van der Waals surface area contributed by atoms with Gasteiger partial charge in [-0.05, 0) is 22.9 Å². The fourth-order valence-electron chi connectivity index (χ4n) is 2.02. The van der Waals surface area contributed by atoms with Crippen LogP contribution < -0.4 is 0 Å². The monoisotopic (exact) mass is 231 g/mol. The standard InChI is InChI=1S/C17H13N/c1-2-10-16(11-3-1)18-13-15-9-6-8-14-7-4-5-12-17(14)15/h1-13H. The lowest BCUT2D eigenvalue weighted by atomic mass is 10.1. The van der Waals surface area contributed by atoms with Crippen LogP contribution in [0.15, 0.2) is 77.8 Å². The van der Waals surface area contributed by atoms with Crippen LogP contribution in [0.3, 0.4) is 0 Å². The number of hydrogen-bond acceptors (Lipinski definition) is 1. The molecule has 1 nitrogen and oxygen atoms in total. The van der Waals surface area contributed by atoms with Gasteiger partial charge in [-0.2, -0.15) is 0 Å². The second kappa shape index (κ2) is 4.84. The molecule has 0 saturated heterocycles. The van der Waals surface area contributed by atoms with Crippen molar-refractivity contribution in [2.45, 2.75) is 0 Å². The topological polar surface area (TPSA) is 12.4 Å². The summed E-state index contributed by atoms with van der Waals surface area (Å²) in [4.78, 5) is 4.50. The lowest BCUT2D eigenvalue weighted by molar-refractivity contribution is 1.53. The maximum Gasteiger partial charge on any atom is 0.0629 e. The van der Waals surface area contributed by atoms with Crippen LogP contribution >= 0.6 is 0 Å². The third-order valence-corrected chi connectivity index (χ3v) is 2.93. The van der Waals surface area contributed by atoms with Crippen molar-refractivity contribution in [1.82, 2.24) is 0 Å². The Hall–Kier alpha value is -2.41. The van der Waals surface area contributed by atoms with Crippen LogP contribution in [0.1, 0.15) is 5.56 Å². The van der Waals surface area contributed by atoms with E-state index in [4.69, 9.17) is 0 Å². The largest absolute Gasteiger partial charge is 0.256 e. The van der Waals surface area contributed by atoms with Gasteiger partial charge in [-0.1, -0.05) is 60.7 Å². The SMILES string of the molecule is C(=Nc1ccccc1)c1cccc2ccccc12. The molecule has 0 atom stereocenters. The highest BCUT2D eigenvalue weighted by Crippen LogP contribution is 2.18. The molecule has 0 amide bonds. The molecule has 0 N–H and O–H groups in total. The van der Waals surface area contributed by atoms with Gasteiger partial charge in [-0.15, -0.1) is 0 Å². The summed E-state index contributed by atoms with van der Waals surface area (Å²) in [5.74, 6) is 0. The summed E-state index contributed by atoms with van der Waals surface area (Å²) in [6, 6.07) is 24.6. The van der Waals surface area contributed by atoms with Gasteiger partial charge in [0.05, 0.1) is 5.69 Å². The average Bonchev–Trinajstić information content (AvgIpc) is 2.46. The van der Waals surface area contributed by atoms with Crippen molar-refractivity contribution in [3.63, 3.8) is 0 Å². The second-order valence-corrected chi connectivity index (χ2v) is 4.16. The fraction of sp³-hybridized carbons (Fsp3) is 0. The molecule has 0 aliphatic carbocycles. The molecule has 3 aromatic rings. The van der Waals surface area contributed by atoms with E-state index in [1.807, 2.05) is 36.5 Å². The molecule has 0 heterocycles. The maximum atomic E-state index is 4.50. The number of benzene rings is 3. The Morgan fingerprint density at radius 2 is 1.39 bits per heavy atom. The second-order valence-electron chi connectivity index (χ2n) is 4.16. The number of rotatable bonds is 2. The van der Waals surface area contributed by atoms with Crippen molar-refractivity contribution in [2.24, 2.45) is 4.99 Å². The summed E-state index contributed by atoms with van der Waals surface area (Å²) in [5.41, 5.74) is 2.13. The van der Waals surface area contributed by atoms with Crippen molar-refractivity contribution in [2.75, 3.05) is 0 Å². The molecule has 0 fully saturated rings. The van der Waals surface area contributed by atoms with Crippen LogP contribution in [-0.2, 0) is 0 Å². The van der Waals surface area contributed by atoms with Gasteiger partial charge < -0.3 is 0 Å². The first-order valence-electron chi connectivity index (χ1n) is 6.00. The minimum absolute atomic E-state index is 0.977. The van der Waals surface area contributed by atoms with Crippen molar-refractivity contribution < 1.29 is 0 Å². The van der Waals surface area contributed by atoms with E-state index in [-0.39, 0.29) is 0 Å². The van der Waals surface area contributed by atoms with Crippen molar-refractivity contribution in [1.29, 1.82) is 0 Å². The van der Waals surface area contributed by atoms with E-state index in [0.29, 0.717) is 0 Å². The molecule has 0 radical (unpaired) electrons. The molecule has 0 saturated carbocycles. The van der Waals surface area contributed by atoms with Gasteiger partial charge in [0.15, 0.2) is 0 Å². The van der Waals surface area contributed by atoms with E-state index >= 15 is 0 Å². The van der Waals surface area contributed by atoms with E-state index < -0.39 is 0 Å². The van der Waals surface area contributed by atoms with E-state index in [2.05, 4.69) is 47.5 Å². The lowest BCUT2D eigenvalue weighted by Gasteiger charge is -2.01. The van der Waals surface area contributed by atoms with Crippen LogP contribution in [0.4, 0.5) is 5.69 Å². The zero-order valence-electron chi connectivity index (χ0n) is 9.95. The van der Waals surface area contributed by atoms with Gasteiger partial charge >= 0.3 is 0 Å². The Morgan fingerprint density at radius 1 is 0.667 bits per heavy atom. The van der Waals surface area contributed by atoms with Gasteiger partial charge in [0.1, 0.15) is 0 Å². The normalized spacial score (nSPS) is 11.1. The molecule has 1 heteroatoms. The molecular formula is C17H13N. The number of hydrogen-bond donors (Lipinski definition) is 0. The predicted molar refractivity (Wildman–Crippen MR) is 77.6 cm³/mol. The quantitative estimate of drug-likeness (QED) is 0.572. The summed E-state index contributed by atoms with van der Waals surface area (Å²) in [7, 11) is 0. The third kappa shape index (κ3) is 2.16. The summed E-state index contributed by atoms with van der Waals surface area (Å²) in [5, 5.41) is 2.48. The minimum atomic E-state index is 0.977. The molecule has 0 aliphatic rings. The first-order chi connectivity index (χ1) is 8.93. The van der Waals surface area contributed by atoms with Crippen LogP contribution in [0, 0.1) is 0 Å². The molecular weight excluding hydrogens is 218 g/mol.